The van der Waals surface area contributed by atoms with Crippen molar-refractivity contribution < 1.29 is 4.39 Å². The Balaban J connectivity index is 1.79. The predicted molar refractivity (Wildman–Crippen MR) is 68.1 cm³/mol. The SMILES string of the molecule is Cc1ccn(-c2ccc(CNC3CC3)cc2F)n1. The molecule has 4 heteroatoms. The highest BCUT2D eigenvalue weighted by Gasteiger charge is 2.20. The van der Waals surface area contributed by atoms with E-state index in [1.54, 1.807) is 23.0 Å². The smallest absolute Gasteiger partial charge is 0.149 e. The molecule has 1 aliphatic rings. The Morgan fingerprint density at radius 2 is 2.22 bits per heavy atom. The molecule has 1 aromatic carbocycles. The summed E-state index contributed by atoms with van der Waals surface area (Å²) in [6.07, 6.45) is 4.26. The van der Waals surface area contributed by atoms with Crippen LogP contribution in [0.15, 0.2) is 30.5 Å². The van der Waals surface area contributed by atoms with Gasteiger partial charge in [0.1, 0.15) is 11.5 Å². The molecule has 0 saturated heterocycles. The molecule has 18 heavy (non-hydrogen) atoms. The van der Waals surface area contributed by atoms with Crippen LogP contribution in [0.5, 0.6) is 0 Å². The fraction of sp³-hybridized carbons (Fsp3) is 0.357. The zero-order valence-corrected chi connectivity index (χ0v) is 10.4. The number of rotatable bonds is 4. The van der Waals surface area contributed by atoms with E-state index in [9.17, 15) is 4.39 Å². The van der Waals surface area contributed by atoms with Gasteiger partial charge in [0.15, 0.2) is 0 Å². The lowest BCUT2D eigenvalue weighted by Gasteiger charge is -2.07. The van der Waals surface area contributed by atoms with E-state index in [1.165, 1.54) is 12.8 Å². The largest absolute Gasteiger partial charge is 0.310 e. The second kappa shape index (κ2) is 4.53. The first kappa shape index (κ1) is 11.4. The summed E-state index contributed by atoms with van der Waals surface area (Å²) in [4.78, 5) is 0. The number of nitrogens with one attached hydrogen (secondary N) is 1. The minimum absolute atomic E-state index is 0.229. The van der Waals surface area contributed by atoms with Crippen LogP contribution in [-0.4, -0.2) is 15.8 Å². The molecule has 1 fully saturated rings. The van der Waals surface area contributed by atoms with Gasteiger partial charge in [-0.2, -0.15) is 5.10 Å². The van der Waals surface area contributed by atoms with Crippen molar-refractivity contribution in [3.63, 3.8) is 0 Å². The van der Waals surface area contributed by atoms with Crippen LogP contribution in [-0.2, 0) is 6.54 Å². The van der Waals surface area contributed by atoms with Crippen molar-refractivity contribution in [3.05, 3.63) is 47.5 Å². The summed E-state index contributed by atoms with van der Waals surface area (Å²) >= 11 is 0. The molecule has 0 spiro atoms. The van der Waals surface area contributed by atoms with Gasteiger partial charge in [0.2, 0.25) is 0 Å². The standard InChI is InChI=1S/C14H16FN3/c1-10-6-7-18(17-10)14-5-2-11(8-13(14)15)9-16-12-3-4-12/h2,5-8,12,16H,3-4,9H2,1H3. The summed E-state index contributed by atoms with van der Waals surface area (Å²) in [7, 11) is 0. The van der Waals surface area contributed by atoms with Crippen LogP contribution in [0, 0.1) is 12.7 Å². The molecule has 0 amide bonds. The molecule has 2 aromatic rings. The Bertz CT molecular complexity index is 558. The molecule has 1 N–H and O–H groups in total. The van der Waals surface area contributed by atoms with Crippen LogP contribution in [0.4, 0.5) is 4.39 Å². The van der Waals surface area contributed by atoms with E-state index in [1.807, 2.05) is 19.1 Å². The van der Waals surface area contributed by atoms with E-state index in [-0.39, 0.29) is 5.82 Å². The molecule has 1 aromatic heterocycles. The molecule has 0 radical (unpaired) electrons. The predicted octanol–water partition coefficient (Wildman–Crippen LogP) is 2.57. The van der Waals surface area contributed by atoms with E-state index in [0.717, 1.165) is 17.8 Å². The topological polar surface area (TPSA) is 29.9 Å². The third kappa shape index (κ3) is 2.43. The number of halogens is 1. The highest BCUT2D eigenvalue weighted by atomic mass is 19.1. The molecule has 0 atom stereocenters. The summed E-state index contributed by atoms with van der Waals surface area (Å²) in [5, 5.41) is 7.59. The first-order chi connectivity index (χ1) is 8.72. The van der Waals surface area contributed by atoms with E-state index in [0.29, 0.717) is 11.7 Å². The number of aryl methyl sites for hydroxylation is 1. The second-order valence-electron chi connectivity index (χ2n) is 4.84. The third-order valence-corrected chi connectivity index (χ3v) is 3.15. The normalized spacial score (nSPS) is 15.0. The monoisotopic (exact) mass is 245 g/mol. The molecular formula is C14H16FN3. The maximum Gasteiger partial charge on any atom is 0.149 e. The zero-order chi connectivity index (χ0) is 12.5. The number of nitrogens with zero attached hydrogens (tertiary/aromatic N) is 2. The summed E-state index contributed by atoms with van der Waals surface area (Å²) in [6.45, 7) is 2.63. The van der Waals surface area contributed by atoms with Crippen molar-refractivity contribution >= 4 is 0 Å². The van der Waals surface area contributed by atoms with Gasteiger partial charge in [-0.15, -0.1) is 0 Å². The highest BCUT2D eigenvalue weighted by molar-refractivity contribution is 5.36. The minimum atomic E-state index is -0.229. The van der Waals surface area contributed by atoms with Gasteiger partial charge in [0, 0.05) is 18.8 Å². The minimum Gasteiger partial charge on any atom is -0.310 e. The van der Waals surface area contributed by atoms with Gasteiger partial charge in [-0.1, -0.05) is 6.07 Å². The maximum atomic E-state index is 14.0. The Morgan fingerprint density at radius 1 is 1.39 bits per heavy atom. The van der Waals surface area contributed by atoms with Crippen molar-refractivity contribution in [3.8, 4) is 5.69 Å². The van der Waals surface area contributed by atoms with Gasteiger partial charge in [-0.25, -0.2) is 9.07 Å². The van der Waals surface area contributed by atoms with Crippen molar-refractivity contribution in [2.75, 3.05) is 0 Å². The average Bonchev–Trinajstić information content (AvgIpc) is 3.09. The van der Waals surface area contributed by atoms with Crippen LogP contribution >= 0.6 is 0 Å². The molecule has 1 heterocycles. The quantitative estimate of drug-likeness (QED) is 0.897. The lowest BCUT2D eigenvalue weighted by Crippen LogP contribution is -2.15. The van der Waals surface area contributed by atoms with Gasteiger partial charge >= 0.3 is 0 Å². The third-order valence-electron chi connectivity index (χ3n) is 3.15. The zero-order valence-electron chi connectivity index (χ0n) is 10.4. The summed E-state index contributed by atoms with van der Waals surface area (Å²) in [6, 6.07) is 7.82. The first-order valence-electron chi connectivity index (χ1n) is 6.27. The molecular weight excluding hydrogens is 229 g/mol. The van der Waals surface area contributed by atoms with Gasteiger partial charge in [0.05, 0.1) is 5.69 Å². The van der Waals surface area contributed by atoms with Crippen molar-refractivity contribution in [2.45, 2.75) is 32.4 Å². The number of hydrogen-bond donors (Lipinski definition) is 1. The highest BCUT2D eigenvalue weighted by Crippen LogP contribution is 2.20. The van der Waals surface area contributed by atoms with Crippen LogP contribution in [0.3, 0.4) is 0 Å². The molecule has 94 valence electrons. The summed E-state index contributed by atoms with van der Waals surface area (Å²) in [5.41, 5.74) is 2.36. The van der Waals surface area contributed by atoms with Gasteiger partial charge in [-0.3, -0.25) is 0 Å². The lowest BCUT2D eigenvalue weighted by atomic mass is 10.2. The molecule has 0 aliphatic heterocycles. The average molecular weight is 245 g/mol. The molecule has 3 rings (SSSR count). The van der Waals surface area contributed by atoms with Crippen LogP contribution in [0.1, 0.15) is 24.1 Å². The molecule has 0 unspecified atom stereocenters. The van der Waals surface area contributed by atoms with Gasteiger partial charge in [0.25, 0.3) is 0 Å². The van der Waals surface area contributed by atoms with Gasteiger partial charge in [-0.05, 0) is 43.5 Å². The lowest BCUT2D eigenvalue weighted by molar-refractivity contribution is 0.603. The Morgan fingerprint density at radius 3 is 2.83 bits per heavy atom. The van der Waals surface area contributed by atoms with Crippen LogP contribution in [0.25, 0.3) is 5.69 Å². The number of hydrogen-bond acceptors (Lipinski definition) is 2. The van der Waals surface area contributed by atoms with Gasteiger partial charge < -0.3 is 5.32 Å². The van der Waals surface area contributed by atoms with E-state index in [4.69, 9.17) is 0 Å². The fourth-order valence-electron chi connectivity index (χ4n) is 1.95. The van der Waals surface area contributed by atoms with E-state index < -0.39 is 0 Å². The second-order valence-corrected chi connectivity index (χ2v) is 4.84. The number of aromatic nitrogens is 2. The maximum absolute atomic E-state index is 14.0. The number of benzene rings is 1. The molecule has 1 aliphatic carbocycles. The van der Waals surface area contributed by atoms with E-state index in [2.05, 4.69) is 10.4 Å². The Kier molecular flexibility index (Phi) is 2.88. The Labute approximate surface area is 106 Å². The van der Waals surface area contributed by atoms with Crippen molar-refractivity contribution in [1.82, 2.24) is 15.1 Å². The molecule has 1 saturated carbocycles. The Hall–Kier alpha value is -1.68. The van der Waals surface area contributed by atoms with Crippen molar-refractivity contribution in [1.29, 1.82) is 0 Å². The summed E-state index contributed by atoms with van der Waals surface area (Å²) in [5.74, 6) is -0.229. The van der Waals surface area contributed by atoms with E-state index >= 15 is 0 Å². The summed E-state index contributed by atoms with van der Waals surface area (Å²) < 4.78 is 15.6. The van der Waals surface area contributed by atoms with Crippen LogP contribution < -0.4 is 5.32 Å². The fourth-order valence-corrected chi connectivity index (χ4v) is 1.95. The molecule has 3 nitrogen and oxygen atoms in total. The van der Waals surface area contributed by atoms with Crippen LogP contribution in [0.2, 0.25) is 0 Å². The van der Waals surface area contributed by atoms with Crippen molar-refractivity contribution in [2.24, 2.45) is 0 Å². The first-order valence-corrected chi connectivity index (χ1v) is 6.27. The molecule has 0 bridgehead atoms.